The van der Waals surface area contributed by atoms with Crippen molar-refractivity contribution in [3.05, 3.63) is 85.0 Å². The lowest BCUT2D eigenvalue weighted by atomic mass is 10.3. The van der Waals surface area contributed by atoms with E-state index >= 15 is 0 Å². The highest BCUT2D eigenvalue weighted by Crippen LogP contribution is 2.25. The summed E-state index contributed by atoms with van der Waals surface area (Å²) in [6, 6.07) is 11.8. The van der Waals surface area contributed by atoms with E-state index in [9.17, 15) is 17.2 Å². The summed E-state index contributed by atoms with van der Waals surface area (Å²) in [6.07, 6.45) is 4.91. The Hall–Kier alpha value is -3.86. The lowest BCUT2D eigenvalue weighted by Crippen LogP contribution is -2.16. The topological polar surface area (TPSA) is 99.0 Å². The van der Waals surface area contributed by atoms with E-state index in [4.69, 9.17) is 4.74 Å². The van der Waals surface area contributed by atoms with Crippen molar-refractivity contribution < 1.29 is 21.9 Å². The molecule has 4 aromatic rings. The van der Waals surface area contributed by atoms with E-state index < -0.39 is 26.6 Å². The van der Waals surface area contributed by atoms with Crippen molar-refractivity contribution in [2.24, 2.45) is 0 Å². The Morgan fingerprint density at radius 3 is 2.27 bits per heavy atom. The number of imidazole rings is 1. The molecule has 4 rings (SSSR count). The van der Waals surface area contributed by atoms with E-state index in [1.54, 1.807) is 35.4 Å². The van der Waals surface area contributed by atoms with E-state index in [1.807, 2.05) is 0 Å². The molecule has 0 aliphatic heterocycles. The van der Waals surface area contributed by atoms with Gasteiger partial charge in [-0.2, -0.15) is 0 Å². The van der Waals surface area contributed by atoms with Crippen LogP contribution in [0.4, 0.5) is 14.5 Å². The molecule has 0 amide bonds. The Bertz CT molecular complexity index is 1240. The molecule has 0 aliphatic rings. The van der Waals surface area contributed by atoms with Gasteiger partial charge in [-0.1, -0.05) is 6.07 Å². The van der Waals surface area contributed by atoms with Gasteiger partial charge in [-0.25, -0.2) is 22.2 Å². The number of nitrogens with one attached hydrogen (secondary N) is 1. The third-order valence-electron chi connectivity index (χ3n) is 3.91. The molecule has 0 saturated carbocycles. The fraction of sp³-hybridized carbons (Fsp3) is 0. The van der Waals surface area contributed by atoms with Crippen LogP contribution < -0.4 is 9.46 Å². The van der Waals surface area contributed by atoms with E-state index in [-0.39, 0.29) is 11.6 Å². The Morgan fingerprint density at radius 1 is 0.933 bits per heavy atom. The maximum atomic E-state index is 13.8. The van der Waals surface area contributed by atoms with Crippen molar-refractivity contribution in [1.29, 1.82) is 0 Å². The number of rotatable bonds is 6. The second kappa shape index (κ2) is 7.87. The molecular formula is C19H13F2N5O3S. The van der Waals surface area contributed by atoms with E-state index in [0.29, 0.717) is 11.6 Å². The summed E-state index contributed by atoms with van der Waals surface area (Å²) in [5.41, 5.74) is 0.103. The first-order chi connectivity index (χ1) is 14.4. The zero-order chi connectivity index (χ0) is 21.1. The smallest absolute Gasteiger partial charge is 0.267 e. The fourth-order valence-corrected chi connectivity index (χ4v) is 3.75. The number of ether oxygens (including phenoxy) is 1. The van der Waals surface area contributed by atoms with E-state index in [0.717, 1.165) is 18.2 Å². The zero-order valence-electron chi connectivity index (χ0n) is 15.1. The van der Waals surface area contributed by atoms with Crippen molar-refractivity contribution in [1.82, 2.24) is 19.7 Å². The highest BCUT2D eigenvalue weighted by atomic mass is 32.2. The maximum Gasteiger partial charge on any atom is 0.267 e. The molecule has 11 heteroatoms. The number of hydrogen-bond acceptors (Lipinski definition) is 6. The summed E-state index contributed by atoms with van der Waals surface area (Å²) in [5, 5.41) is 7.97. The molecule has 1 N–H and O–H groups in total. The molecule has 2 aromatic heterocycles. The summed E-state index contributed by atoms with van der Waals surface area (Å²) >= 11 is 0. The quantitative estimate of drug-likeness (QED) is 0.503. The first kappa shape index (κ1) is 19.5. The van der Waals surface area contributed by atoms with Crippen LogP contribution in [0, 0.1) is 11.6 Å². The third-order valence-corrected chi connectivity index (χ3v) is 5.34. The molecule has 0 atom stereocenters. The van der Waals surface area contributed by atoms with Crippen LogP contribution in [0.5, 0.6) is 11.6 Å². The summed E-state index contributed by atoms with van der Waals surface area (Å²) < 4.78 is 61.5. The minimum absolute atomic E-state index is 0.103. The van der Waals surface area contributed by atoms with Crippen molar-refractivity contribution in [2.75, 3.05) is 4.72 Å². The number of nitrogens with zero attached hydrogens (tertiary/aromatic N) is 4. The van der Waals surface area contributed by atoms with Gasteiger partial charge in [0, 0.05) is 24.1 Å². The third kappa shape index (κ3) is 4.10. The first-order valence-corrected chi connectivity index (χ1v) is 9.97. The number of hydrogen-bond donors (Lipinski definition) is 1. The Morgan fingerprint density at radius 2 is 1.67 bits per heavy atom. The summed E-state index contributed by atoms with van der Waals surface area (Å²) in [6.45, 7) is 0. The van der Waals surface area contributed by atoms with Gasteiger partial charge in [0.1, 0.15) is 23.7 Å². The summed E-state index contributed by atoms with van der Waals surface area (Å²) in [4.78, 5) is 2.88. The molecule has 8 nitrogen and oxygen atoms in total. The van der Waals surface area contributed by atoms with Gasteiger partial charge in [-0.3, -0.25) is 9.29 Å². The lowest BCUT2D eigenvalue weighted by Gasteiger charge is -2.10. The molecule has 152 valence electrons. The molecule has 0 spiro atoms. The molecule has 2 aromatic carbocycles. The molecule has 0 bridgehead atoms. The minimum atomic E-state index is -4.44. The number of benzene rings is 2. The maximum absolute atomic E-state index is 13.8. The van der Waals surface area contributed by atoms with Gasteiger partial charge in [0.2, 0.25) is 5.88 Å². The van der Waals surface area contributed by atoms with Gasteiger partial charge in [-0.05, 0) is 42.5 Å². The second-order valence-corrected chi connectivity index (χ2v) is 7.60. The van der Waals surface area contributed by atoms with Crippen molar-refractivity contribution in [3.63, 3.8) is 0 Å². The predicted octanol–water partition coefficient (Wildman–Crippen LogP) is 3.53. The first-order valence-electron chi connectivity index (χ1n) is 8.49. The van der Waals surface area contributed by atoms with Crippen LogP contribution in [0.25, 0.3) is 5.82 Å². The number of anilines is 1. The molecule has 0 unspecified atom stereocenters. The highest BCUT2D eigenvalue weighted by molar-refractivity contribution is 7.92. The molecule has 0 radical (unpaired) electrons. The standard InChI is InChI=1S/C19H13F2N5O3S/c20-15-2-1-3-16(21)19(15)30(27,28)25-13-4-6-14(7-5-13)29-18-9-8-17(23-24-18)26-11-10-22-12-26/h1-12,25H. The van der Waals surface area contributed by atoms with Gasteiger partial charge in [0.25, 0.3) is 10.0 Å². The number of aromatic nitrogens is 4. The van der Waals surface area contributed by atoms with Crippen molar-refractivity contribution in [3.8, 4) is 17.4 Å². The van der Waals surface area contributed by atoms with Crippen molar-refractivity contribution in [2.45, 2.75) is 4.90 Å². The molecule has 0 aliphatic carbocycles. The second-order valence-electron chi connectivity index (χ2n) is 5.98. The van der Waals surface area contributed by atoms with Crippen LogP contribution in [0.1, 0.15) is 0 Å². The normalized spacial score (nSPS) is 11.3. The zero-order valence-corrected chi connectivity index (χ0v) is 15.9. The molecule has 0 fully saturated rings. The minimum Gasteiger partial charge on any atom is -0.438 e. The van der Waals surface area contributed by atoms with Crippen LogP contribution in [-0.2, 0) is 10.0 Å². The molecular weight excluding hydrogens is 416 g/mol. The van der Waals surface area contributed by atoms with E-state index in [2.05, 4.69) is 19.9 Å². The Labute approximate surface area is 169 Å². The molecule has 2 heterocycles. The highest BCUT2D eigenvalue weighted by Gasteiger charge is 2.23. The Kier molecular flexibility index (Phi) is 5.11. The van der Waals surface area contributed by atoms with Crippen LogP contribution >= 0.6 is 0 Å². The summed E-state index contributed by atoms with van der Waals surface area (Å²) in [7, 11) is -4.44. The largest absolute Gasteiger partial charge is 0.438 e. The SMILES string of the molecule is O=S(=O)(Nc1ccc(Oc2ccc(-n3ccnc3)nn2)cc1)c1c(F)cccc1F. The van der Waals surface area contributed by atoms with Gasteiger partial charge >= 0.3 is 0 Å². The molecule has 0 saturated heterocycles. The van der Waals surface area contributed by atoms with Gasteiger partial charge < -0.3 is 4.74 Å². The molecule has 30 heavy (non-hydrogen) atoms. The van der Waals surface area contributed by atoms with Gasteiger partial charge in [-0.15, -0.1) is 10.2 Å². The Balaban J connectivity index is 1.47. The van der Waals surface area contributed by atoms with Gasteiger partial charge in [0.05, 0.1) is 0 Å². The predicted molar refractivity (Wildman–Crippen MR) is 103 cm³/mol. The summed E-state index contributed by atoms with van der Waals surface area (Å²) in [5.74, 6) is -1.22. The van der Waals surface area contributed by atoms with Gasteiger partial charge in [0.15, 0.2) is 10.7 Å². The fourth-order valence-electron chi connectivity index (χ4n) is 2.56. The van der Waals surface area contributed by atoms with Crippen LogP contribution in [0.3, 0.4) is 0 Å². The van der Waals surface area contributed by atoms with Crippen LogP contribution in [0.15, 0.2) is 78.2 Å². The average Bonchev–Trinajstić information content (AvgIpc) is 3.24. The lowest BCUT2D eigenvalue weighted by molar-refractivity contribution is 0.454. The average molecular weight is 429 g/mol. The van der Waals surface area contributed by atoms with Crippen molar-refractivity contribution >= 4 is 15.7 Å². The number of sulfonamides is 1. The number of halogens is 2. The van der Waals surface area contributed by atoms with Crippen LogP contribution in [0.2, 0.25) is 0 Å². The van der Waals surface area contributed by atoms with Crippen LogP contribution in [-0.4, -0.2) is 28.2 Å². The van der Waals surface area contributed by atoms with E-state index in [1.165, 1.54) is 24.3 Å². The monoisotopic (exact) mass is 429 g/mol.